The summed E-state index contributed by atoms with van der Waals surface area (Å²) in [5.41, 5.74) is 1.34. The molecular weight excluding hydrogens is 260 g/mol. The van der Waals surface area contributed by atoms with Gasteiger partial charge in [0.1, 0.15) is 5.82 Å². The maximum atomic E-state index is 11.8. The Bertz CT molecular complexity index is 681. The second-order valence-electron chi connectivity index (χ2n) is 4.48. The van der Waals surface area contributed by atoms with Gasteiger partial charge in [-0.25, -0.2) is 4.98 Å². The number of benzene rings is 1. The summed E-state index contributed by atoms with van der Waals surface area (Å²) >= 11 is 0. The summed E-state index contributed by atoms with van der Waals surface area (Å²) < 4.78 is 15.5. The van der Waals surface area contributed by atoms with Crippen LogP contribution in [0.2, 0.25) is 0 Å². The molecule has 0 unspecified atom stereocenters. The standard InChI is InChI=1S/C14H14N2O4/c1-18-7-10-6-15-13(16-14(10)17)5-9-2-3-11-12(4-9)20-8-19-11/h2-4,6H,5,7-8H2,1H3,(H,15,16,17). The van der Waals surface area contributed by atoms with Crippen LogP contribution < -0.4 is 15.0 Å². The van der Waals surface area contributed by atoms with Crippen LogP contribution in [0.5, 0.6) is 11.5 Å². The van der Waals surface area contributed by atoms with E-state index in [2.05, 4.69) is 9.97 Å². The van der Waals surface area contributed by atoms with Crippen LogP contribution in [-0.4, -0.2) is 23.9 Å². The van der Waals surface area contributed by atoms with Crippen molar-refractivity contribution in [2.45, 2.75) is 13.0 Å². The number of rotatable bonds is 4. The third-order valence-corrected chi connectivity index (χ3v) is 3.03. The molecule has 0 saturated carbocycles. The number of hydrogen-bond acceptors (Lipinski definition) is 5. The van der Waals surface area contributed by atoms with Gasteiger partial charge in [-0.2, -0.15) is 0 Å². The van der Waals surface area contributed by atoms with Crippen molar-refractivity contribution >= 4 is 0 Å². The van der Waals surface area contributed by atoms with Crippen molar-refractivity contribution in [3.63, 3.8) is 0 Å². The molecule has 0 atom stereocenters. The third kappa shape index (κ3) is 2.50. The fraction of sp³-hybridized carbons (Fsp3) is 0.286. The van der Waals surface area contributed by atoms with Crippen molar-refractivity contribution in [3.8, 4) is 11.5 Å². The minimum atomic E-state index is -0.169. The van der Waals surface area contributed by atoms with Crippen LogP contribution >= 0.6 is 0 Å². The Kier molecular flexibility index (Phi) is 3.39. The lowest BCUT2D eigenvalue weighted by Gasteiger charge is -2.04. The molecule has 3 rings (SSSR count). The molecule has 6 heteroatoms. The highest BCUT2D eigenvalue weighted by Crippen LogP contribution is 2.32. The van der Waals surface area contributed by atoms with Crippen molar-refractivity contribution in [2.24, 2.45) is 0 Å². The van der Waals surface area contributed by atoms with Crippen molar-refractivity contribution in [3.05, 3.63) is 51.7 Å². The molecule has 0 aliphatic carbocycles. The van der Waals surface area contributed by atoms with E-state index in [0.717, 1.165) is 17.1 Å². The topological polar surface area (TPSA) is 73.4 Å². The highest BCUT2D eigenvalue weighted by atomic mass is 16.7. The van der Waals surface area contributed by atoms with Gasteiger partial charge in [0.25, 0.3) is 5.56 Å². The van der Waals surface area contributed by atoms with Crippen molar-refractivity contribution < 1.29 is 14.2 Å². The highest BCUT2D eigenvalue weighted by Gasteiger charge is 2.13. The van der Waals surface area contributed by atoms with Gasteiger partial charge in [0.2, 0.25) is 6.79 Å². The van der Waals surface area contributed by atoms with Crippen molar-refractivity contribution in [1.82, 2.24) is 9.97 Å². The van der Waals surface area contributed by atoms with Gasteiger partial charge in [0, 0.05) is 19.7 Å². The second-order valence-corrected chi connectivity index (χ2v) is 4.48. The Hall–Kier alpha value is -2.34. The average molecular weight is 274 g/mol. The predicted molar refractivity (Wildman–Crippen MR) is 70.9 cm³/mol. The lowest BCUT2D eigenvalue weighted by molar-refractivity contribution is 0.174. The summed E-state index contributed by atoms with van der Waals surface area (Å²) in [7, 11) is 1.54. The van der Waals surface area contributed by atoms with E-state index in [4.69, 9.17) is 14.2 Å². The molecule has 0 bridgehead atoms. The zero-order valence-corrected chi connectivity index (χ0v) is 11.0. The zero-order valence-electron chi connectivity index (χ0n) is 11.0. The average Bonchev–Trinajstić information content (AvgIpc) is 2.89. The maximum Gasteiger partial charge on any atom is 0.256 e. The summed E-state index contributed by atoms with van der Waals surface area (Å²) in [5.74, 6) is 2.07. The Balaban J connectivity index is 1.81. The fourth-order valence-electron chi connectivity index (χ4n) is 2.05. The van der Waals surface area contributed by atoms with E-state index in [0.29, 0.717) is 17.8 Å². The van der Waals surface area contributed by atoms with Crippen LogP contribution in [0.1, 0.15) is 17.0 Å². The molecule has 1 N–H and O–H groups in total. The Labute approximate surface area is 115 Å². The molecule has 20 heavy (non-hydrogen) atoms. The van der Waals surface area contributed by atoms with Gasteiger partial charge in [-0.15, -0.1) is 0 Å². The van der Waals surface area contributed by atoms with E-state index in [1.807, 2.05) is 18.2 Å². The zero-order chi connectivity index (χ0) is 13.9. The molecule has 0 spiro atoms. The Morgan fingerprint density at radius 3 is 3.00 bits per heavy atom. The molecule has 6 nitrogen and oxygen atoms in total. The molecule has 0 radical (unpaired) electrons. The number of fused-ring (bicyclic) bond motifs is 1. The first-order valence-corrected chi connectivity index (χ1v) is 6.21. The first-order chi connectivity index (χ1) is 9.76. The van der Waals surface area contributed by atoms with Crippen molar-refractivity contribution in [2.75, 3.05) is 13.9 Å². The lowest BCUT2D eigenvalue weighted by Crippen LogP contribution is -2.16. The summed E-state index contributed by atoms with van der Waals surface area (Å²) in [6.07, 6.45) is 2.07. The normalized spacial score (nSPS) is 12.7. The highest BCUT2D eigenvalue weighted by molar-refractivity contribution is 5.45. The molecule has 1 aliphatic rings. The van der Waals surface area contributed by atoms with Crippen LogP contribution in [0.4, 0.5) is 0 Å². The van der Waals surface area contributed by atoms with Crippen LogP contribution in [0, 0.1) is 0 Å². The molecule has 104 valence electrons. The number of aromatic nitrogens is 2. The number of nitrogens with zero attached hydrogens (tertiary/aromatic N) is 1. The summed E-state index contributed by atoms with van der Waals surface area (Å²) in [6.45, 7) is 0.506. The van der Waals surface area contributed by atoms with E-state index in [9.17, 15) is 4.79 Å². The number of aromatic amines is 1. The smallest absolute Gasteiger partial charge is 0.256 e. The molecule has 2 heterocycles. The molecule has 1 aromatic carbocycles. The number of H-pyrrole nitrogens is 1. The lowest BCUT2D eigenvalue weighted by atomic mass is 10.1. The minimum Gasteiger partial charge on any atom is -0.454 e. The van der Waals surface area contributed by atoms with Crippen LogP contribution in [0.3, 0.4) is 0 Å². The van der Waals surface area contributed by atoms with Crippen molar-refractivity contribution in [1.29, 1.82) is 0 Å². The molecule has 0 saturated heterocycles. The van der Waals surface area contributed by atoms with Gasteiger partial charge in [-0.05, 0) is 17.7 Å². The number of methoxy groups -OCH3 is 1. The van der Waals surface area contributed by atoms with Gasteiger partial charge in [0.05, 0.1) is 12.2 Å². The van der Waals surface area contributed by atoms with Gasteiger partial charge in [0.15, 0.2) is 11.5 Å². The summed E-state index contributed by atoms with van der Waals surface area (Å²) in [4.78, 5) is 18.8. The maximum absolute atomic E-state index is 11.8. The molecule has 1 aliphatic heterocycles. The largest absolute Gasteiger partial charge is 0.454 e. The number of hydrogen-bond donors (Lipinski definition) is 1. The molecule has 2 aromatic rings. The monoisotopic (exact) mass is 274 g/mol. The SMILES string of the molecule is COCc1cnc(Cc2ccc3c(c2)OCO3)[nH]c1=O. The van der Waals surface area contributed by atoms with Crippen LogP contribution in [-0.2, 0) is 17.8 Å². The Morgan fingerprint density at radius 2 is 2.20 bits per heavy atom. The minimum absolute atomic E-state index is 0.169. The molecular formula is C14H14N2O4. The predicted octanol–water partition coefficient (Wildman–Crippen LogP) is 1.24. The number of ether oxygens (including phenoxy) is 3. The van der Waals surface area contributed by atoms with Crippen LogP contribution in [0.15, 0.2) is 29.2 Å². The first-order valence-electron chi connectivity index (χ1n) is 6.21. The molecule has 0 fully saturated rings. The first kappa shape index (κ1) is 12.7. The van der Waals surface area contributed by atoms with E-state index < -0.39 is 0 Å². The van der Waals surface area contributed by atoms with E-state index in [1.54, 1.807) is 13.3 Å². The van der Waals surface area contributed by atoms with E-state index >= 15 is 0 Å². The Morgan fingerprint density at radius 1 is 1.35 bits per heavy atom. The summed E-state index contributed by atoms with van der Waals surface area (Å²) in [6, 6.07) is 5.68. The number of nitrogens with one attached hydrogen (secondary N) is 1. The quantitative estimate of drug-likeness (QED) is 0.908. The summed E-state index contributed by atoms with van der Waals surface area (Å²) in [5, 5.41) is 0. The van der Waals surface area contributed by atoms with Gasteiger partial charge >= 0.3 is 0 Å². The van der Waals surface area contributed by atoms with Gasteiger partial charge in [-0.1, -0.05) is 6.07 Å². The van der Waals surface area contributed by atoms with E-state index in [1.165, 1.54) is 0 Å². The fourth-order valence-corrected chi connectivity index (χ4v) is 2.05. The third-order valence-electron chi connectivity index (χ3n) is 3.03. The van der Waals surface area contributed by atoms with Gasteiger partial charge in [-0.3, -0.25) is 4.79 Å². The molecule has 0 amide bonds. The second kappa shape index (κ2) is 5.34. The van der Waals surface area contributed by atoms with E-state index in [-0.39, 0.29) is 19.0 Å². The van der Waals surface area contributed by atoms with Gasteiger partial charge < -0.3 is 19.2 Å². The molecule has 1 aromatic heterocycles. The van der Waals surface area contributed by atoms with Crippen LogP contribution in [0.25, 0.3) is 0 Å².